The van der Waals surface area contributed by atoms with E-state index in [0.29, 0.717) is 12.1 Å². The molecule has 1 heterocycles. The average molecular weight is 230 g/mol. The van der Waals surface area contributed by atoms with E-state index in [1.807, 2.05) is 0 Å². The second-order valence-electron chi connectivity index (χ2n) is 4.95. The monoisotopic (exact) mass is 230 g/mol. The topological polar surface area (TPSA) is 72.8 Å². The van der Waals surface area contributed by atoms with E-state index in [9.17, 15) is 9.90 Å². The molecule has 1 fully saturated rings. The van der Waals surface area contributed by atoms with Crippen molar-refractivity contribution in [1.82, 2.24) is 10.4 Å². The van der Waals surface area contributed by atoms with Crippen LogP contribution in [0.25, 0.3) is 0 Å². The zero-order chi connectivity index (χ0) is 12.3. The van der Waals surface area contributed by atoms with Crippen molar-refractivity contribution in [2.75, 3.05) is 6.54 Å². The molecule has 3 unspecified atom stereocenters. The second kappa shape index (κ2) is 5.12. The van der Waals surface area contributed by atoms with Crippen LogP contribution < -0.4 is 5.43 Å². The lowest BCUT2D eigenvalue weighted by molar-refractivity contribution is -0.157. The molecule has 1 aliphatic rings. The number of hydrogen-bond donors (Lipinski definition) is 3. The van der Waals surface area contributed by atoms with E-state index >= 15 is 0 Å². The molecule has 3 N–H and O–H groups in total. The highest BCUT2D eigenvalue weighted by atomic mass is 16.4. The molecule has 0 aromatic rings. The molecule has 3 atom stereocenters. The van der Waals surface area contributed by atoms with E-state index in [-0.39, 0.29) is 6.54 Å². The van der Waals surface area contributed by atoms with Crippen molar-refractivity contribution in [3.8, 4) is 0 Å². The molecule has 1 aliphatic heterocycles. The van der Waals surface area contributed by atoms with Crippen molar-refractivity contribution in [2.45, 2.75) is 57.7 Å². The molecular formula is C11H22N2O3. The number of nitrogens with one attached hydrogen (secondary N) is 1. The predicted molar refractivity (Wildman–Crippen MR) is 60.9 cm³/mol. The van der Waals surface area contributed by atoms with Crippen molar-refractivity contribution < 1.29 is 15.0 Å². The first-order valence-electron chi connectivity index (χ1n) is 5.82. The summed E-state index contributed by atoms with van der Waals surface area (Å²) >= 11 is 0. The summed E-state index contributed by atoms with van der Waals surface area (Å²) < 4.78 is 0. The van der Waals surface area contributed by atoms with Crippen LogP contribution in [0, 0.1) is 0 Å². The van der Waals surface area contributed by atoms with Gasteiger partial charge in [0, 0.05) is 18.6 Å². The summed E-state index contributed by atoms with van der Waals surface area (Å²) in [6.45, 7) is 5.56. The Hall–Kier alpha value is -0.650. The molecule has 0 amide bonds. The molecule has 5 nitrogen and oxygen atoms in total. The number of carboxylic acid groups (broad SMARTS) is 1. The fourth-order valence-corrected chi connectivity index (χ4v) is 2.05. The molecule has 0 aromatic carbocycles. The Labute approximate surface area is 96.4 Å². The third-order valence-electron chi connectivity index (χ3n) is 3.26. The number of aliphatic hydroxyl groups is 1. The van der Waals surface area contributed by atoms with E-state index in [4.69, 9.17) is 5.11 Å². The molecule has 1 saturated heterocycles. The van der Waals surface area contributed by atoms with Gasteiger partial charge in [-0.15, -0.1) is 0 Å². The normalized spacial score (nSPS) is 31.0. The summed E-state index contributed by atoms with van der Waals surface area (Å²) in [6.07, 6.45) is 3.41. The Morgan fingerprint density at radius 3 is 2.38 bits per heavy atom. The van der Waals surface area contributed by atoms with Gasteiger partial charge in [-0.1, -0.05) is 6.42 Å². The summed E-state index contributed by atoms with van der Waals surface area (Å²) in [4.78, 5) is 10.7. The number of piperidine rings is 1. The molecule has 0 bridgehead atoms. The van der Waals surface area contributed by atoms with Gasteiger partial charge in [-0.2, -0.15) is 0 Å². The van der Waals surface area contributed by atoms with Crippen LogP contribution >= 0.6 is 0 Å². The van der Waals surface area contributed by atoms with E-state index < -0.39 is 11.6 Å². The van der Waals surface area contributed by atoms with Crippen LogP contribution in [0.3, 0.4) is 0 Å². The van der Waals surface area contributed by atoms with E-state index in [0.717, 1.165) is 12.8 Å². The lowest BCUT2D eigenvalue weighted by Gasteiger charge is -2.40. The first-order valence-corrected chi connectivity index (χ1v) is 5.82. The largest absolute Gasteiger partial charge is 0.479 e. The van der Waals surface area contributed by atoms with Crippen molar-refractivity contribution in [2.24, 2.45) is 0 Å². The van der Waals surface area contributed by atoms with Gasteiger partial charge >= 0.3 is 5.97 Å². The molecule has 0 spiro atoms. The van der Waals surface area contributed by atoms with Gasteiger partial charge < -0.3 is 10.2 Å². The van der Waals surface area contributed by atoms with Gasteiger partial charge in [-0.3, -0.25) is 5.43 Å². The van der Waals surface area contributed by atoms with Gasteiger partial charge in [-0.05, 0) is 33.6 Å². The van der Waals surface area contributed by atoms with E-state index in [2.05, 4.69) is 24.3 Å². The maximum atomic E-state index is 10.7. The van der Waals surface area contributed by atoms with Crippen molar-refractivity contribution in [1.29, 1.82) is 0 Å². The molecule has 94 valence electrons. The Morgan fingerprint density at radius 1 is 1.44 bits per heavy atom. The van der Waals surface area contributed by atoms with Gasteiger partial charge in [0.1, 0.15) is 0 Å². The number of aliphatic carboxylic acids is 1. The minimum absolute atomic E-state index is 0.0387. The van der Waals surface area contributed by atoms with Crippen LogP contribution in [0.1, 0.15) is 40.0 Å². The number of nitrogens with zero attached hydrogens (tertiary/aromatic N) is 1. The Balaban J connectivity index is 2.50. The predicted octanol–water partition coefficient (Wildman–Crippen LogP) is 0.589. The van der Waals surface area contributed by atoms with Gasteiger partial charge in [0.2, 0.25) is 0 Å². The van der Waals surface area contributed by atoms with Crippen LogP contribution in [0.15, 0.2) is 0 Å². The second-order valence-corrected chi connectivity index (χ2v) is 4.95. The zero-order valence-corrected chi connectivity index (χ0v) is 10.2. The molecule has 0 radical (unpaired) electrons. The molecule has 1 rings (SSSR count). The number of hydrogen-bond acceptors (Lipinski definition) is 4. The van der Waals surface area contributed by atoms with Crippen molar-refractivity contribution in [3.63, 3.8) is 0 Å². The Kier molecular flexibility index (Phi) is 4.29. The quantitative estimate of drug-likeness (QED) is 0.659. The van der Waals surface area contributed by atoms with Gasteiger partial charge in [-0.25, -0.2) is 9.80 Å². The molecule has 16 heavy (non-hydrogen) atoms. The Bertz CT molecular complexity index is 246. The van der Waals surface area contributed by atoms with Crippen LogP contribution in [-0.2, 0) is 4.79 Å². The summed E-state index contributed by atoms with van der Waals surface area (Å²) in [6, 6.07) is 0.765. The average Bonchev–Trinajstić information content (AvgIpc) is 2.16. The molecule has 5 heteroatoms. The van der Waals surface area contributed by atoms with Crippen molar-refractivity contribution >= 4 is 5.97 Å². The molecule has 0 aromatic heterocycles. The van der Waals surface area contributed by atoms with Crippen LogP contribution in [-0.4, -0.2) is 45.4 Å². The highest BCUT2D eigenvalue weighted by Crippen LogP contribution is 2.20. The minimum atomic E-state index is -1.71. The summed E-state index contributed by atoms with van der Waals surface area (Å²) in [7, 11) is 0. The first-order chi connectivity index (χ1) is 7.34. The SMILES string of the molecule is CC1CCCC(C)N1NCC(C)(O)C(=O)O. The number of hydrazine groups is 1. The van der Waals surface area contributed by atoms with E-state index in [1.54, 1.807) is 0 Å². The number of carboxylic acids is 1. The molecular weight excluding hydrogens is 208 g/mol. The van der Waals surface area contributed by atoms with Crippen molar-refractivity contribution in [3.05, 3.63) is 0 Å². The number of rotatable bonds is 4. The lowest BCUT2D eigenvalue weighted by Crippen LogP contribution is -2.57. The van der Waals surface area contributed by atoms with Gasteiger partial charge in [0.25, 0.3) is 0 Å². The maximum absolute atomic E-state index is 10.7. The van der Waals surface area contributed by atoms with E-state index in [1.165, 1.54) is 13.3 Å². The highest BCUT2D eigenvalue weighted by Gasteiger charge is 2.32. The summed E-state index contributed by atoms with van der Waals surface area (Å²) in [5.74, 6) is -1.20. The summed E-state index contributed by atoms with van der Waals surface area (Å²) in [5.41, 5.74) is 1.33. The Morgan fingerprint density at radius 2 is 1.94 bits per heavy atom. The smallest absolute Gasteiger partial charge is 0.336 e. The first kappa shape index (κ1) is 13.4. The molecule has 0 aliphatic carbocycles. The fourth-order valence-electron chi connectivity index (χ4n) is 2.05. The maximum Gasteiger partial charge on any atom is 0.336 e. The van der Waals surface area contributed by atoms with Gasteiger partial charge in [0.05, 0.1) is 0 Å². The fraction of sp³-hybridized carbons (Fsp3) is 0.909. The summed E-state index contributed by atoms with van der Waals surface area (Å²) in [5, 5.41) is 20.5. The van der Waals surface area contributed by atoms with Crippen LogP contribution in [0.2, 0.25) is 0 Å². The number of carbonyl (C=O) groups is 1. The third-order valence-corrected chi connectivity index (χ3v) is 3.26. The van der Waals surface area contributed by atoms with Crippen LogP contribution in [0.4, 0.5) is 0 Å². The lowest BCUT2D eigenvalue weighted by atomic mass is 9.99. The van der Waals surface area contributed by atoms with Crippen LogP contribution in [0.5, 0.6) is 0 Å². The van der Waals surface area contributed by atoms with Gasteiger partial charge in [0.15, 0.2) is 5.60 Å². The minimum Gasteiger partial charge on any atom is -0.479 e. The third kappa shape index (κ3) is 3.17. The standard InChI is InChI=1S/C11H22N2O3/c1-8-5-4-6-9(2)13(8)12-7-11(3,16)10(14)15/h8-9,12,16H,4-7H2,1-3H3,(H,14,15). The molecule has 0 saturated carbocycles. The highest BCUT2D eigenvalue weighted by molar-refractivity contribution is 5.76. The zero-order valence-electron chi connectivity index (χ0n) is 10.2.